The van der Waals surface area contributed by atoms with Crippen LogP contribution in [0.1, 0.15) is 37.8 Å². The maximum absolute atomic E-state index is 4.60. The highest BCUT2D eigenvalue weighted by atomic mass is 15.3. The van der Waals surface area contributed by atoms with Gasteiger partial charge in [-0.05, 0) is 56.8 Å². The molecule has 0 amide bonds. The zero-order chi connectivity index (χ0) is 14.3. The number of hydrogen-bond acceptors (Lipinski definition) is 2. The molecule has 1 N–H and O–H groups in total. The van der Waals surface area contributed by atoms with Crippen LogP contribution < -0.4 is 5.32 Å². The van der Waals surface area contributed by atoms with Gasteiger partial charge in [0.15, 0.2) is 0 Å². The molecule has 3 nitrogen and oxygen atoms in total. The Kier molecular flexibility index (Phi) is 4.85. The Morgan fingerprint density at radius 1 is 1.10 bits per heavy atom. The highest BCUT2D eigenvalue weighted by molar-refractivity contribution is 5.30. The van der Waals surface area contributed by atoms with Crippen molar-refractivity contribution in [1.82, 2.24) is 15.1 Å². The van der Waals surface area contributed by atoms with Crippen molar-refractivity contribution in [2.45, 2.75) is 38.6 Å². The second-order valence-corrected chi connectivity index (χ2v) is 5.62. The fourth-order valence-corrected chi connectivity index (χ4v) is 2.78. The van der Waals surface area contributed by atoms with Gasteiger partial charge >= 0.3 is 0 Å². The van der Waals surface area contributed by atoms with Crippen LogP contribution in [-0.2, 0) is 6.54 Å². The van der Waals surface area contributed by atoms with Crippen molar-refractivity contribution < 1.29 is 0 Å². The summed E-state index contributed by atoms with van der Waals surface area (Å²) in [6.07, 6.45) is 10.9. The molecule has 0 saturated carbocycles. The summed E-state index contributed by atoms with van der Waals surface area (Å²) < 4.78 is 1.93. The van der Waals surface area contributed by atoms with E-state index in [2.05, 4.69) is 34.7 Å². The van der Waals surface area contributed by atoms with Crippen molar-refractivity contribution in [3.8, 4) is 5.69 Å². The molecular formula is C18H23N3. The first-order chi connectivity index (χ1) is 10.4. The highest BCUT2D eigenvalue weighted by Gasteiger charge is 2.04. The maximum atomic E-state index is 4.60. The van der Waals surface area contributed by atoms with Crippen molar-refractivity contribution in [2.75, 3.05) is 6.54 Å². The average molecular weight is 281 g/mol. The van der Waals surface area contributed by atoms with Gasteiger partial charge in [-0.3, -0.25) is 0 Å². The molecule has 0 atom stereocenters. The Morgan fingerprint density at radius 3 is 2.81 bits per heavy atom. The molecule has 0 fully saturated rings. The molecule has 0 bridgehead atoms. The minimum atomic E-state index is 0.840. The van der Waals surface area contributed by atoms with Crippen molar-refractivity contribution in [1.29, 1.82) is 0 Å². The topological polar surface area (TPSA) is 29.9 Å². The number of hydrogen-bond donors (Lipinski definition) is 1. The summed E-state index contributed by atoms with van der Waals surface area (Å²) in [5.41, 5.74) is 3.83. The zero-order valence-corrected chi connectivity index (χ0v) is 12.5. The molecule has 3 rings (SSSR count). The van der Waals surface area contributed by atoms with Gasteiger partial charge < -0.3 is 5.32 Å². The Hall–Kier alpha value is -1.87. The largest absolute Gasteiger partial charge is 0.311 e. The van der Waals surface area contributed by atoms with Crippen LogP contribution in [0.3, 0.4) is 0 Å². The predicted molar refractivity (Wildman–Crippen MR) is 86.4 cm³/mol. The smallest absolute Gasteiger partial charge is 0.0766 e. The van der Waals surface area contributed by atoms with E-state index >= 15 is 0 Å². The van der Waals surface area contributed by atoms with Crippen molar-refractivity contribution in [2.24, 2.45) is 0 Å². The van der Waals surface area contributed by atoms with Gasteiger partial charge in [-0.15, -0.1) is 0 Å². The molecular weight excluding hydrogens is 258 g/mol. The lowest BCUT2D eigenvalue weighted by atomic mass is 9.97. The zero-order valence-electron chi connectivity index (χ0n) is 12.5. The molecule has 2 aromatic rings. The van der Waals surface area contributed by atoms with Gasteiger partial charge in [-0.25, -0.2) is 4.68 Å². The summed E-state index contributed by atoms with van der Waals surface area (Å²) in [4.78, 5) is 0. The highest BCUT2D eigenvalue weighted by Crippen LogP contribution is 2.19. The molecule has 1 heterocycles. The number of para-hydroxylation sites is 1. The third-order valence-corrected chi connectivity index (χ3v) is 3.98. The molecule has 1 aromatic carbocycles. The summed E-state index contributed by atoms with van der Waals surface area (Å²) >= 11 is 0. The minimum absolute atomic E-state index is 0.840. The Balaban J connectivity index is 1.46. The van der Waals surface area contributed by atoms with Crippen LogP contribution in [0.5, 0.6) is 0 Å². The summed E-state index contributed by atoms with van der Waals surface area (Å²) in [5.74, 6) is 0. The summed E-state index contributed by atoms with van der Waals surface area (Å²) in [5, 5.41) is 8.10. The molecule has 0 spiro atoms. The van der Waals surface area contributed by atoms with Gasteiger partial charge in [0, 0.05) is 12.7 Å². The first-order valence-corrected chi connectivity index (χ1v) is 7.90. The van der Waals surface area contributed by atoms with E-state index in [0.717, 1.165) is 24.5 Å². The van der Waals surface area contributed by atoms with Gasteiger partial charge in [-0.1, -0.05) is 29.8 Å². The Morgan fingerprint density at radius 2 is 2.00 bits per heavy atom. The molecule has 0 aliphatic heterocycles. The SMILES string of the molecule is C1=C(CCNCc2ccn(-c3ccccc3)n2)CCCC1. The molecule has 1 aliphatic rings. The van der Waals surface area contributed by atoms with Crippen LogP contribution in [0.2, 0.25) is 0 Å². The Labute approximate surface area is 126 Å². The first kappa shape index (κ1) is 14.1. The lowest BCUT2D eigenvalue weighted by Gasteiger charge is -2.12. The van der Waals surface area contributed by atoms with E-state index in [4.69, 9.17) is 0 Å². The van der Waals surface area contributed by atoms with Crippen LogP contribution in [0.25, 0.3) is 5.69 Å². The van der Waals surface area contributed by atoms with Gasteiger partial charge in [0.2, 0.25) is 0 Å². The van der Waals surface area contributed by atoms with E-state index in [-0.39, 0.29) is 0 Å². The number of rotatable bonds is 6. The van der Waals surface area contributed by atoms with Crippen LogP contribution in [0.4, 0.5) is 0 Å². The third kappa shape index (κ3) is 4.05. The van der Waals surface area contributed by atoms with Gasteiger partial charge in [0.25, 0.3) is 0 Å². The summed E-state index contributed by atoms with van der Waals surface area (Å²) in [6, 6.07) is 12.3. The number of nitrogens with zero attached hydrogens (tertiary/aromatic N) is 2. The van der Waals surface area contributed by atoms with Gasteiger partial charge in [0.05, 0.1) is 11.4 Å². The van der Waals surface area contributed by atoms with Gasteiger partial charge in [0.1, 0.15) is 0 Å². The van der Waals surface area contributed by atoms with E-state index in [1.165, 1.54) is 32.1 Å². The van der Waals surface area contributed by atoms with E-state index in [9.17, 15) is 0 Å². The van der Waals surface area contributed by atoms with Crippen LogP contribution >= 0.6 is 0 Å². The van der Waals surface area contributed by atoms with Crippen molar-refractivity contribution >= 4 is 0 Å². The lowest BCUT2D eigenvalue weighted by Crippen LogP contribution is -2.16. The molecule has 0 radical (unpaired) electrons. The number of nitrogens with one attached hydrogen (secondary N) is 1. The minimum Gasteiger partial charge on any atom is -0.311 e. The molecule has 3 heteroatoms. The Bertz CT molecular complexity index is 584. The average Bonchev–Trinajstić information content (AvgIpc) is 3.02. The second kappa shape index (κ2) is 7.23. The van der Waals surface area contributed by atoms with E-state index < -0.39 is 0 Å². The third-order valence-electron chi connectivity index (χ3n) is 3.98. The van der Waals surface area contributed by atoms with Crippen molar-refractivity contribution in [3.63, 3.8) is 0 Å². The molecule has 21 heavy (non-hydrogen) atoms. The summed E-state index contributed by atoms with van der Waals surface area (Å²) in [6.45, 7) is 1.89. The fraction of sp³-hybridized carbons (Fsp3) is 0.389. The van der Waals surface area contributed by atoms with E-state index in [0.29, 0.717) is 0 Å². The molecule has 1 aromatic heterocycles. The molecule has 110 valence electrons. The van der Waals surface area contributed by atoms with Crippen LogP contribution in [0.15, 0.2) is 54.2 Å². The number of benzene rings is 1. The lowest BCUT2D eigenvalue weighted by molar-refractivity contribution is 0.624. The summed E-state index contributed by atoms with van der Waals surface area (Å²) in [7, 11) is 0. The molecule has 0 saturated heterocycles. The standard InChI is InChI=1S/C18H23N3/c1-3-7-16(8-4-1)11-13-19-15-17-12-14-21(20-17)18-9-5-2-6-10-18/h2,5-7,9-10,12,14,19H,1,3-4,8,11,13,15H2. The van der Waals surface area contributed by atoms with E-state index in [1.807, 2.05) is 29.1 Å². The molecule has 1 aliphatic carbocycles. The normalized spacial score (nSPS) is 15.0. The molecule has 0 unspecified atom stereocenters. The van der Waals surface area contributed by atoms with Crippen molar-refractivity contribution in [3.05, 3.63) is 59.9 Å². The number of aromatic nitrogens is 2. The predicted octanol–water partition coefficient (Wildman–Crippen LogP) is 3.85. The fourth-order valence-electron chi connectivity index (χ4n) is 2.78. The quantitative estimate of drug-likeness (QED) is 0.644. The van der Waals surface area contributed by atoms with E-state index in [1.54, 1.807) is 5.57 Å². The maximum Gasteiger partial charge on any atom is 0.0766 e. The van der Waals surface area contributed by atoms with Gasteiger partial charge in [-0.2, -0.15) is 5.10 Å². The second-order valence-electron chi connectivity index (χ2n) is 5.62. The van der Waals surface area contributed by atoms with Crippen LogP contribution in [0, 0.1) is 0 Å². The monoisotopic (exact) mass is 281 g/mol. The first-order valence-electron chi connectivity index (χ1n) is 7.90. The van der Waals surface area contributed by atoms with Crippen LogP contribution in [-0.4, -0.2) is 16.3 Å². The number of allylic oxidation sites excluding steroid dienone is 1.